The van der Waals surface area contributed by atoms with Crippen molar-refractivity contribution < 1.29 is 9.53 Å². The number of carbonyl (C=O) groups is 1. The number of carbonyl (C=O) groups excluding carboxylic acids is 1. The first-order valence-electron chi connectivity index (χ1n) is 9.56. The number of nitrogens with zero attached hydrogens (tertiary/aromatic N) is 1. The van der Waals surface area contributed by atoms with E-state index in [1.165, 1.54) is 0 Å². The summed E-state index contributed by atoms with van der Waals surface area (Å²) in [7, 11) is 0. The summed E-state index contributed by atoms with van der Waals surface area (Å²) >= 11 is 0. The molecule has 1 aliphatic heterocycles. The normalized spacial score (nSPS) is 17.4. The molecule has 0 saturated carbocycles. The van der Waals surface area contributed by atoms with Crippen LogP contribution in [0, 0.1) is 0 Å². The van der Waals surface area contributed by atoms with Crippen LogP contribution in [0.4, 0.5) is 5.69 Å². The second-order valence-corrected chi connectivity index (χ2v) is 6.84. The van der Waals surface area contributed by atoms with Crippen molar-refractivity contribution in [1.29, 1.82) is 0 Å². The van der Waals surface area contributed by atoms with Gasteiger partial charge in [-0.1, -0.05) is 44.5 Å². The van der Waals surface area contributed by atoms with Crippen LogP contribution in [0.2, 0.25) is 0 Å². The quantitative estimate of drug-likeness (QED) is 0.694. The standard InChI is InChI=1S/C22H28N2O2/c1-4-6-14-26-18-11-9-10-17(15-18)21-23-20-13-8-7-12-19(20)22(25)24(21)16(3)5-2/h7-13,15-16,21,23H,4-6,14H2,1-3H3. The molecule has 0 aromatic heterocycles. The van der Waals surface area contributed by atoms with Gasteiger partial charge in [-0.2, -0.15) is 0 Å². The highest BCUT2D eigenvalue weighted by atomic mass is 16.5. The number of fused-ring (bicyclic) bond motifs is 1. The van der Waals surface area contributed by atoms with Crippen LogP contribution in [0.25, 0.3) is 0 Å². The highest BCUT2D eigenvalue weighted by molar-refractivity contribution is 6.01. The van der Waals surface area contributed by atoms with E-state index in [0.717, 1.165) is 48.4 Å². The summed E-state index contributed by atoms with van der Waals surface area (Å²) in [6, 6.07) is 15.9. The summed E-state index contributed by atoms with van der Waals surface area (Å²) in [6.07, 6.45) is 2.86. The van der Waals surface area contributed by atoms with E-state index in [4.69, 9.17) is 4.74 Å². The lowest BCUT2D eigenvalue weighted by atomic mass is 10.0. The van der Waals surface area contributed by atoms with E-state index in [9.17, 15) is 4.79 Å². The molecule has 4 nitrogen and oxygen atoms in total. The van der Waals surface area contributed by atoms with Gasteiger partial charge in [0.05, 0.1) is 12.2 Å². The Morgan fingerprint density at radius 3 is 2.73 bits per heavy atom. The molecule has 2 aromatic carbocycles. The molecular weight excluding hydrogens is 324 g/mol. The van der Waals surface area contributed by atoms with Gasteiger partial charge in [-0.3, -0.25) is 4.79 Å². The van der Waals surface area contributed by atoms with Crippen LogP contribution in [0.5, 0.6) is 5.75 Å². The molecule has 0 saturated heterocycles. The monoisotopic (exact) mass is 352 g/mol. The van der Waals surface area contributed by atoms with Crippen LogP contribution in [0.1, 0.15) is 62.1 Å². The number of hydrogen-bond acceptors (Lipinski definition) is 3. The number of ether oxygens (including phenoxy) is 1. The number of benzene rings is 2. The molecule has 0 aliphatic carbocycles. The number of para-hydroxylation sites is 1. The molecule has 1 N–H and O–H groups in total. The maximum absolute atomic E-state index is 13.2. The van der Waals surface area contributed by atoms with Gasteiger partial charge in [-0.05, 0) is 49.6 Å². The molecular formula is C22H28N2O2. The van der Waals surface area contributed by atoms with Crippen molar-refractivity contribution in [3.63, 3.8) is 0 Å². The molecule has 0 radical (unpaired) electrons. The van der Waals surface area contributed by atoms with E-state index < -0.39 is 0 Å². The van der Waals surface area contributed by atoms with Gasteiger partial charge in [-0.25, -0.2) is 0 Å². The first-order chi connectivity index (χ1) is 12.7. The van der Waals surface area contributed by atoms with Crippen molar-refractivity contribution in [3.8, 4) is 5.75 Å². The summed E-state index contributed by atoms with van der Waals surface area (Å²) in [5.74, 6) is 0.934. The average molecular weight is 352 g/mol. The molecule has 1 amide bonds. The fourth-order valence-corrected chi connectivity index (χ4v) is 3.27. The topological polar surface area (TPSA) is 41.6 Å². The van der Waals surface area contributed by atoms with Crippen LogP contribution in [0.15, 0.2) is 48.5 Å². The zero-order chi connectivity index (χ0) is 18.5. The zero-order valence-corrected chi connectivity index (χ0v) is 15.9. The molecule has 2 aromatic rings. The SMILES string of the molecule is CCCCOc1cccc(C2Nc3ccccc3C(=O)N2C(C)CC)c1. The summed E-state index contributed by atoms with van der Waals surface area (Å²) < 4.78 is 5.87. The molecule has 4 heteroatoms. The van der Waals surface area contributed by atoms with Crippen LogP contribution in [-0.4, -0.2) is 23.5 Å². The minimum Gasteiger partial charge on any atom is -0.494 e. The first kappa shape index (κ1) is 18.3. The van der Waals surface area contributed by atoms with Crippen LogP contribution in [-0.2, 0) is 0 Å². The Hall–Kier alpha value is -2.49. The molecule has 0 fully saturated rings. The second kappa shape index (κ2) is 8.26. The second-order valence-electron chi connectivity index (χ2n) is 6.84. The predicted octanol–water partition coefficient (Wildman–Crippen LogP) is 5.23. The lowest BCUT2D eigenvalue weighted by Crippen LogP contribution is -2.47. The van der Waals surface area contributed by atoms with E-state index >= 15 is 0 Å². The van der Waals surface area contributed by atoms with Gasteiger partial charge in [0.15, 0.2) is 0 Å². The fourth-order valence-electron chi connectivity index (χ4n) is 3.27. The molecule has 1 heterocycles. The van der Waals surface area contributed by atoms with Gasteiger partial charge in [0, 0.05) is 11.7 Å². The number of anilines is 1. The molecule has 26 heavy (non-hydrogen) atoms. The van der Waals surface area contributed by atoms with Crippen LogP contribution >= 0.6 is 0 Å². The van der Waals surface area contributed by atoms with Gasteiger partial charge < -0.3 is 15.0 Å². The Balaban J connectivity index is 1.94. The number of amides is 1. The Bertz CT molecular complexity index is 759. The van der Waals surface area contributed by atoms with Gasteiger partial charge in [0.2, 0.25) is 0 Å². The van der Waals surface area contributed by atoms with Crippen molar-refractivity contribution in [1.82, 2.24) is 4.90 Å². The Kier molecular flexibility index (Phi) is 5.82. The van der Waals surface area contributed by atoms with E-state index in [1.807, 2.05) is 47.4 Å². The van der Waals surface area contributed by atoms with E-state index in [-0.39, 0.29) is 18.1 Å². The predicted molar refractivity (Wildman–Crippen MR) is 106 cm³/mol. The number of hydrogen-bond donors (Lipinski definition) is 1. The Morgan fingerprint density at radius 1 is 1.15 bits per heavy atom. The third kappa shape index (κ3) is 3.69. The van der Waals surface area contributed by atoms with E-state index in [1.54, 1.807) is 0 Å². The minimum atomic E-state index is -0.193. The van der Waals surface area contributed by atoms with Gasteiger partial charge >= 0.3 is 0 Å². The fraction of sp³-hybridized carbons (Fsp3) is 0.409. The number of nitrogens with one attached hydrogen (secondary N) is 1. The lowest BCUT2D eigenvalue weighted by molar-refractivity contribution is 0.0593. The smallest absolute Gasteiger partial charge is 0.258 e. The van der Waals surface area contributed by atoms with Crippen LogP contribution in [0.3, 0.4) is 0 Å². The molecule has 138 valence electrons. The summed E-state index contributed by atoms with van der Waals surface area (Å²) in [4.78, 5) is 15.1. The maximum atomic E-state index is 13.2. The highest BCUT2D eigenvalue weighted by Gasteiger charge is 2.35. The van der Waals surface area contributed by atoms with Gasteiger partial charge in [0.1, 0.15) is 11.9 Å². The molecule has 2 atom stereocenters. The number of unbranched alkanes of at least 4 members (excludes halogenated alkanes) is 1. The van der Waals surface area contributed by atoms with Crippen molar-refractivity contribution in [2.45, 2.75) is 52.2 Å². The number of rotatable bonds is 7. The lowest BCUT2D eigenvalue weighted by Gasteiger charge is -2.41. The summed E-state index contributed by atoms with van der Waals surface area (Å²) in [6.45, 7) is 7.08. The third-order valence-corrected chi connectivity index (χ3v) is 4.97. The van der Waals surface area contributed by atoms with Crippen molar-refractivity contribution in [2.75, 3.05) is 11.9 Å². The average Bonchev–Trinajstić information content (AvgIpc) is 2.68. The summed E-state index contributed by atoms with van der Waals surface area (Å²) in [5.41, 5.74) is 2.67. The van der Waals surface area contributed by atoms with E-state index in [2.05, 4.69) is 32.2 Å². The highest BCUT2D eigenvalue weighted by Crippen LogP contribution is 2.35. The minimum absolute atomic E-state index is 0.0796. The summed E-state index contributed by atoms with van der Waals surface area (Å²) in [5, 5.41) is 3.55. The molecule has 0 bridgehead atoms. The van der Waals surface area contributed by atoms with Crippen molar-refractivity contribution >= 4 is 11.6 Å². The largest absolute Gasteiger partial charge is 0.494 e. The van der Waals surface area contributed by atoms with Crippen molar-refractivity contribution in [3.05, 3.63) is 59.7 Å². The van der Waals surface area contributed by atoms with Gasteiger partial charge in [0.25, 0.3) is 5.91 Å². The molecule has 0 spiro atoms. The Morgan fingerprint density at radius 2 is 1.96 bits per heavy atom. The molecule has 2 unspecified atom stereocenters. The third-order valence-electron chi connectivity index (χ3n) is 4.97. The Labute approximate surface area is 156 Å². The first-order valence-corrected chi connectivity index (χ1v) is 9.56. The molecule has 3 rings (SSSR count). The molecule has 1 aliphatic rings. The van der Waals surface area contributed by atoms with Crippen molar-refractivity contribution in [2.24, 2.45) is 0 Å². The van der Waals surface area contributed by atoms with E-state index in [0.29, 0.717) is 0 Å². The van der Waals surface area contributed by atoms with Gasteiger partial charge in [-0.15, -0.1) is 0 Å². The zero-order valence-electron chi connectivity index (χ0n) is 15.9. The maximum Gasteiger partial charge on any atom is 0.258 e. The van der Waals surface area contributed by atoms with Crippen LogP contribution < -0.4 is 10.1 Å².